The molecule has 0 spiro atoms. The Kier molecular flexibility index (Phi) is 7.70. The topological polar surface area (TPSA) is 72.7 Å². The molecular weight excluding hydrogens is 351 g/mol. The quantitative estimate of drug-likeness (QED) is 0.410. The van der Waals surface area contributed by atoms with Crippen molar-refractivity contribution in [3.05, 3.63) is 17.5 Å². The van der Waals surface area contributed by atoms with Crippen molar-refractivity contribution < 1.29 is 22.6 Å². The molecule has 0 aromatic carbocycles. The number of hydrogen-bond acceptors (Lipinski definition) is 4. The van der Waals surface area contributed by atoms with Crippen LogP contribution < -0.4 is 10.6 Å². The van der Waals surface area contributed by atoms with E-state index >= 15 is 0 Å². The minimum absolute atomic E-state index is 0.0433. The molecule has 0 aliphatic carbocycles. The first-order valence-corrected chi connectivity index (χ1v) is 8.71. The molecule has 1 aromatic rings. The average Bonchev–Trinajstić information content (AvgIpc) is 3.21. The lowest BCUT2D eigenvalue weighted by molar-refractivity contribution is -0.142. The van der Waals surface area contributed by atoms with Gasteiger partial charge in [0.05, 0.1) is 19.3 Å². The number of aliphatic imine (C=N–C) groups is 1. The van der Waals surface area contributed by atoms with Gasteiger partial charge < -0.3 is 20.1 Å². The fourth-order valence-electron chi connectivity index (χ4n) is 2.57. The van der Waals surface area contributed by atoms with Crippen molar-refractivity contribution in [3.63, 3.8) is 0 Å². The number of ether oxygens (including phenoxy) is 2. The van der Waals surface area contributed by atoms with E-state index in [4.69, 9.17) is 9.47 Å². The molecule has 1 aliphatic rings. The summed E-state index contributed by atoms with van der Waals surface area (Å²) >= 11 is 0. The fraction of sp³-hybridized carbons (Fsp3) is 0.750. The predicted molar refractivity (Wildman–Crippen MR) is 90.8 cm³/mol. The highest BCUT2D eigenvalue weighted by Gasteiger charge is 2.36. The van der Waals surface area contributed by atoms with Crippen LogP contribution in [0, 0.1) is 0 Å². The Morgan fingerprint density at radius 3 is 2.92 bits per heavy atom. The molecule has 1 aliphatic heterocycles. The van der Waals surface area contributed by atoms with Crippen LogP contribution in [0.15, 0.2) is 11.2 Å². The molecular formula is C16H26F3N5O2. The number of nitrogens with zero attached hydrogens (tertiary/aromatic N) is 3. The third kappa shape index (κ3) is 6.49. The van der Waals surface area contributed by atoms with Crippen LogP contribution in [0.3, 0.4) is 0 Å². The predicted octanol–water partition coefficient (Wildman–Crippen LogP) is 1.69. The van der Waals surface area contributed by atoms with Crippen molar-refractivity contribution in [2.24, 2.45) is 12.0 Å². The minimum atomic E-state index is -4.49. The van der Waals surface area contributed by atoms with Crippen LogP contribution in [0.25, 0.3) is 0 Å². The van der Waals surface area contributed by atoms with E-state index in [2.05, 4.69) is 20.7 Å². The second-order valence-corrected chi connectivity index (χ2v) is 6.01. The van der Waals surface area contributed by atoms with Crippen LogP contribution in [-0.2, 0) is 29.2 Å². The Hall–Kier alpha value is -1.81. The summed E-state index contributed by atoms with van der Waals surface area (Å²) in [7, 11) is 1.46. The molecule has 148 valence electrons. The summed E-state index contributed by atoms with van der Waals surface area (Å²) in [5.41, 5.74) is -0.853. The average molecular weight is 377 g/mol. The van der Waals surface area contributed by atoms with Crippen molar-refractivity contribution in [1.29, 1.82) is 0 Å². The number of guanidine groups is 1. The molecule has 26 heavy (non-hydrogen) atoms. The number of rotatable bonds is 8. The van der Waals surface area contributed by atoms with Crippen molar-refractivity contribution in [2.75, 3.05) is 32.9 Å². The van der Waals surface area contributed by atoms with Gasteiger partial charge >= 0.3 is 6.18 Å². The van der Waals surface area contributed by atoms with E-state index in [9.17, 15) is 13.2 Å². The molecule has 2 rings (SSSR count). The first-order valence-electron chi connectivity index (χ1n) is 8.71. The highest BCUT2D eigenvalue weighted by Crippen LogP contribution is 2.30. The van der Waals surface area contributed by atoms with Crippen LogP contribution in [0.1, 0.15) is 31.0 Å². The maximum Gasteiger partial charge on any atom is 0.435 e. The normalized spacial score (nSPS) is 18.3. The summed E-state index contributed by atoms with van der Waals surface area (Å²) in [5, 5.41) is 9.60. The molecule has 0 amide bonds. The van der Waals surface area contributed by atoms with Gasteiger partial charge in [0.1, 0.15) is 0 Å². The van der Waals surface area contributed by atoms with Gasteiger partial charge in [-0.2, -0.15) is 18.3 Å². The van der Waals surface area contributed by atoms with Gasteiger partial charge in [-0.3, -0.25) is 4.68 Å². The van der Waals surface area contributed by atoms with Crippen molar-refractivity contribution in [1.82, 2.24) is 20.4 Å². The summed E-state index contributed by atoms with van der Waals surface area (Å²) in [6, 6.07) is 0. The molecule has 1 unspecified atom stereocenters. The van der Waals surface area contributed by atoms with E-state index in [1.54, 1.807) is 0 Å². The second-order valence-electron chi connectivity index (χ2n) is 6.01. The Morgan fingerprint density at radius 1 is 1.46 bits per heavy atom. The van der Waals surface area contributed by atoms with Gasteiger partial charge in [0.2, 0.25) is 0 Å². The number of hydrogen-bond donors (Lipinski definition) is 2. The van der Waals surface area contributed by atoms with Gasteiger partial charge in [-0.25, -0.2) is 4.99 Å². The SMILES string of the molecule is CCNC(=NCc1cn(C)nc1C(F)(F)F)NCCCOC1CCOC1. The number of halogens is 3. The van der Waals surface area contributed by atoms with E-state index in [0.29, 0.717) is 32.3 Å². The zero-order chi connectivity index (χ0) is 19.0. The highest BCUT2D eigenvalue weighted by atomic mass is 19.4. The Balaban J connectivity index is 1.82. The monoisotopic (exact) mass is 377 g/mol. The van der Waals surface area contributed by atoms with Gasteiger partial charge in [-0.15, -0.1) is 0 Å². The smallest absolute Gasteiger partial charge is 0.379 e. The van der Waals surface area contributed by atoms with E-state index in [1.807, 2.05) is 6.92 Å². The summed E-state index contributed by atoms with van der Waals surface area (Å²) in [6.45, 7) is 5.00. The van der Waals surface area contributed by atoms with E-state index in [1.165, 1.54) is 13.2 Å². The molecule has 2 N–H and O–H groups in total. The molecule has 0 bridgehead atoms. The molecule has 0 radical (unpaired) electrons. The first-order chi connectivity index (χ1) is 12.4. The van der Waals surface area contributed by atoms with Crippen molar-refractivity contribution >= 4 is 5.96 Å². The van der Waals surface area contributed by atoms with E-state index in [0.717, 1.165) is 24.1 Å². The summed E-state index contributed by atoms with van der Waals surface area (Å²) < 4.78 is 51.0. The van der Waals surface area contributed by atoms with Crippen LogP contribution in [-0.4, -0.2) is 54.8 Å². The number of alkyl halides is 3. The number of aromatic nitrogens is 2. The summed E-state index contributed by atoms with van der Waals surface area (Å²) in [4.78, 5) is 4.23. The summed E-state index contributed by atoms with van der Waals surface area (Å²) in [6.07, 6.45) is -1.29. The molecule has 2 heterocycles. The molecule has 10 heteroatoms. The standard InChI is InChI=1S/C16H26F3N5O2/c1-3-20-15(21-6-4-7-26-13-5-8-25-11-13)22-9-12-10-24(2)23-14(12)16(17,18)19/h10,13H,3-9,11H2,1-2H3,(H2,20,21,22). The van der Waals surface area contributed by atoms with Crippen LogP contribution >= 0.6 is 0 Å². The molecule has 1 aromatic heterocycles. The van der Waals surface area contributed by atoms with Gasteiger partial charge in [-0.1, -0.05) is 0 Å². The zero-order valence-electron chi connectivity index (χ0n) is 15.1. The van der Waals surface area contributed by atoms with E-state index < -0.39 is 11.9 Å². The number of aryl methyl sites for hydroxylation is 1. The minimum Gasteiger partial charge on any atom is -0.379 e. The lowest BCUT2D eigenvalue weighted by atomic mass is 10.2. The maximum absolute atomic E-state index is 13.0. The Morgan fingerprint density at radius 2 is 2.27 bits per heavy atom. The van der Waals surface area contributed by atoms with Crippen LogP contribution in [0.2, 0.25) is 0 Å². The second kappa shape index (κ2) is 9.77. The molecule has 1 fully saturated rings. The van der Waals surface area contributed by atoms with Gasteiger partial charge in [0.25, 0.3) is 0 Å². The lowest BCUT2D eigenvalue weighted by Crippen LogP contribution is -2.38. The fourth-order valence-corrected chi connectivity index (χ4v) is 2.57. The van der Waals surface area contributed by atoms with Gasteiger partial charge in [0.15, 0.2) is 11.7 Å². The van der Waals surface area contributed by atoms with Crippen molar-refractivity contribution in [2.45, 2.75) is 38.6 Å². The maximum atomic E-state index is 13.0. The zero-order valence-corrected chi connectivity index (χ0v) is 15.1. The van der Waals surface area contributed by atoms with Gasteiger partial charge in [0, 0.05) is 45.1 Å². The van der Waals surface area contributed by atoms with Crippen LogP contribution in [0.5, 0.6) is 0 Å². The molecule has 1 atom stereocenters. The van der Waals surface area contributed by atoms with Crippen molar-refractivity contribution in [3.8, 4) is 0 Å². The summed E-state index contributed by atoms with van der Waals surface area (Å²) in [5.74, 6) is 0.466. The van der Waals surface area contributed by atoms with Gasteiger partial charge in [-0.05, 0) is 19.8 Å². The molecule has 7 nitrogen and oxygen atoms in total. The molecule has 1 saturated heterocycles. The lowest BCUT2D eigenvalue weighted by Gasteiger charge is -2.13. The highest BCUT2D eigenvalue weighted by molar-refractivity contribution is 5.79. The van der Waals surface area contributed by atoms with Crippen LogP contribution in [0.4, 0.5) is 13.2 Å². The Labute approximate surface area is 150 Å². The van der Waals surface area contributed by atoms with E-state index in [-0.39, 0.29) is 18.2 Å². The third-order valence-corrected chi connectivity index (χ3v) is 3.78. The number of nitrogens with one attached hydrogen (secondary N) is 2. The largest absolute Gasteiger partial charge is 0.435 e. The third-order valence-electron chi connectivity index (χ3n) is 3.78. The Bertz CT molecular complexity index is 583. The first kappa shape index (κ1) is 20.5. The molecule has 0 saturated carbocycles.